The summed E-state index contributed by atoms with van der Waals surface area (Å²) in [5.41, 5.74) is -2.24. The summed E-state index contributed by atoms with van der Waals surface area (Å²) < 4.78 is 83.1. The topological polar surface area (TPSA) is 68.0 Å². The zero-order chi connectivity index (χ0) is 21.7. The first kappa shape index (κ1) is 19.7. The molecule has 0 unspecified atom stereocenters. The number of nitrogens with one attached hydrogen (secondary N) is 1. The van der Waals surface area contributed by atoms with E-state index >= 15 is 0 Å². The van der Waals surface area contributed by atoms with Crippen LogP contribution in [0.5, 0.6) is 0 Å². The second-order valence-corrected chi connectivity index (χ2v) is 6.31. The van der Waals surface area contributed by atoms with Gasteiger partial charge in [-0.2, -0.15) is 31.3 Å². The first-order chi connectivity index (χ1) is 14.0. The van der Waals surface area contributed by atoms with Crippen molar-refractivity contribution in [1.29, 1.82) is 0 Å². The molecule has 154 valence electrons. The molecule has 4 rings (SSSR count). The van der Waals surface area contributed by atoms with Crippen LogP contribution in [0.2, 0.25) is 0 Å². The molecule has 2 heterocycles. The Labute approximate surface area is 164 Å². The van der Waals surface area contributed by atoms with Gasteiger partial charge in [0, 0.05) is 22.8 Å². The van der Waals surface area contributed by atoms with Crippen LogP contribution in [0.25, 0.3) is 23.2 Å². The Hall–Kier alpha value is -3.63. The monoisotopic (exact) mass is 425 g/mol. The van der Waals surface area contributed by atoms with E-state index in [0.29, 0.717) is 29.0 Å². The minimum absolute atomic E-state index is 0.0114. The van der Waals surface area contributed by atoms with Gasteiger partial charge >= 0.3 is 12.4 Å². The molecule has 0 aliphatic carbocycles. The highest BCUT2D eigenvalue weighted by Gasteiger charge is 2.37. The van der Waals surface area contributed by atoms with Crippen LogP contribution >= 0.6 is 0 Å². The van der Waals surface area contributed by atoms with Crippen molar-refractivity contribution in [2.45, 2.75) is 12.4 Å². The fraction of sp³-hybridized carbons (Fsp3) is 0.105. The summed E-state index contributed by atoms with van der Waals surface area (Å²) in [6.45, 7) is 0. The third-order valence-corrected chi connectivity index (χ3v) is 4.27. The molecule has 30 heavy (non-hydrogen) atoms. The molecule has 0 bridgehead atoms. The van der Waals surface area contributed by atoms with Crippen LogP contribution in [0.3, 0.4) is 0 Å². The van der Waals surface area contributed by atoms with E-state index in [2.05, 4.69) is 15.5 Å². The Morgan fingerprint density at radius 1 is 0.900 bits per heavy atom. The van der Waals surface area contributed by atoms with Gasteiger partial charge in [-0.1, -0.05) is 23.4 Å². The summed E-state index contributed by atoms with van der Waals surface area (Å²) in [7, 11) is 0. The average molecular weight is 425 g/mol. The molecule has 1 aliphatic rings. The molecule has 0 radical (unpaired) electrons. The number of rotatable bonds is 2. The van der Waals surface area contributed by atoms with Crippen LogP contribution in [0, 0.1) is 0 Å². The Bertz CT molecular complexity index is 1150. The van der Waals surface area contributed by atoms with Gasteiger partial charge in [0.15, 0.2) is 0 Å². The van der Waals surface area contributed by atoms with Crippen molar-refractivity contribution in [3.05, 3.63) is 70.6 Å². The van der Waals surface area contributed by atoms with Crippen LogP contribution in [-0.4, -0.2) is 16.0 Å². The first-order valence-electron chi connectivity index (χ1n) is 8.28. The number of hydrogen-bond acceptors (Lipinski definition) is 4. The number of aromatic nitrogens is 2. The van der Waals surface area contributed by atoms with Gasteiger partial charge in [-0.25, -0.2) is 0 Å². The number of alkyl halides is 6. The van der Waals surface area contributed by atoms with Gasteiger partial charge in [0.25, 0.3) is 11.8 Å². The lowest BCUT2D eigenvalue weighted by atomic mass is 10.0. The number of fused-ring (bicyclic) bond motifs is 1. The number of benzene rings is 2. The first-order valence-corrected chi connectivity index (χ1v) is 8.28. The van der Waals surface area contributed by atoms with E-state index in [0.717, 1.165) is 0 Å². The largest absolute Gasteiger partial charge is 0.416 e. The standard InChI is InChI=1S/C19H9F6N3O2/c20-18(21,22)10-5-9(6-11(7-10)19(23,24)25)16-27-15(30-28-16)8-14-12-3-1-2-4-13(12)17(29)26-14/h1-8H,(H,26,29)/b14-8-. The molecule has 0 saturated carbocycles. The predicted octanol–water partition coefficient (Wildman–Crippen LogP) is 5.02. The van der Waals surface area contributed by atoms with Gasteiger partial charge in [0.05, 0.1) is 16.8 Å². The number of halogens is 6. The van der Waals surface area contributed by atoms with E-state index in [9.17, 15) is 31.1 Å². The highest BCUT2D eigenvalue weighted by Crippen LogP contribution is 2.38. The summed E-state index contributed by atoms with van der Waals surface area (Å²) >= 11 is 0. The van der Waals surface area contributed by atoms with Gasteiger partial charge in [0.1, 0.15) is 0 Å². The van der Waals surface area contributed by atoms with Crippen LogP contribution in [0.15, 0.2) is 47.0 Å². The summed E-state index contributed by atoms with van der Waals surface area (Å²) in [4.78, 5) is 15.8. The fourth-order valence-corrected chi connectivity index (χ4v) is 2.91. The Morgan fingerprint density at radius 2 is 1.50 bits per heavy atom. The highest BCUT2D eigenvalue weighted by atomic mass is 19.4. The molecular formula is C19H9F6N3O2. The molecule has 0 saturated heterocycles. The van der Waals surface area contributed by atoms with Crippen molar-refractivity contribution in [3.63, 3.8) is 0 Å². The second-order valence-electron chi connectivity index (χ2n) is 6.31. The second kappa shape index (κ2) is 6.71. The van der Waals surface area contributed by atoms with Crippen molar-refractivity contribution < 1.29 is 35.7 Å². The van der Waals surface area contributed by atoms with Crippen LogP contribution < -0.4 is 5.32 Å². The third-order valence-electron chi connectivity index (χ3n) is 4.27. The van der Waals surface area contributed by atoms with E-state index in [-0.39, 0.29) is 17.9 Å². The quantitative estimate of drug-likeness (QED) is 0.586. The molecule has 1 N–H and O–H groups in total. The Balaban J connectivity index is 1.74. The molecule has 2 aromatic carbocycles. The van der Waals surface area contributed by atoms with Crippen molar-refractivity contribution in [3.8, 4) is 11.4 Å². The number of carbonyl (C=O) groups is 1. The van der Waals surface area contributed by atoms with Crippen molar-refractivity contribution >= 4 is 17.7 Å². The minimum atomic E-state index is -5.00. The van der Waals surface area contributed by atoms with E-state index in [1.54, 1.807) is 24.3 Å². The van der Waals surface area contributed by atoms with Gasteiger partial charge in [-0.15, -0.1) is 0 Å². The Morgan fingerprint density at radius 3 is 2.10 bits per heavy atom. The fourth-order valence-electron chi connectivity index (χ4n) is 2.91. The summed E-state index contributed by atoms with van der Waals surface area (Å²) in [6.07, 6.45) is -8.72. The molecule has 0 fully saturated rings. The minimum Gasteiger partial charge on any atom is -0.334 e. The smallest absolute Gasteiger partial charge is 0.334 e. The molecule has 1 aliphatic heterocycles. The van der Waals surface area contributed by atoms with E-state index in [4.69, 9.17) is 4.52 Å². The lowest BCUT2D eigenvalue weighted by Gasteiger charge is -2.12. The van der Waals surface area contributed by atoms with Crippen molar-refractivity contribution in [1.82, 2.24) is 15.5 Å². The molecular weight excluding hydrogens is 416 g/mol. The van der Waals surface area contributed by atoms with Gasteiger partial charge in [0.2, 0.25) is 5.82 Å². The number of hydrogen-bond donors (Lipinski definition) is 1. The van der Waals surface area contributed by atoms with Gasteiger partial charge in [-0.3, -0.25) is 4.79 Å². The van der Waals surface area contributed by atoms with Gasteiger partial charge < -0.3 is 9.84 Å². The zero-order valence-corrected chi connectivity index (χ0v) is 14.6. The van der Waals surface area contributed by atoms with Crippen LogP contribution in [0.4, 0.5) is 26.3 Å². The maximum absolute atomic E-state index is 13.0. The maximum Gasteiger partial charge on any atom is 0.416 e. The zero-order valence-electron chi connectivity index (χ0n) is 14.6. The molecule has 1 amide bonds. The molecule has 3 aromatic rings. The summed E-state index contributed by atoms with van der Waals surface area (Å²) in [5, 5.41) is 6.04. The predicted molar refractivity (Wildman–Crippen MR) is 91.5 cm³/mol. The average Bonchev–Trinajstić information content (AvgIpc) is 3.26. The van der Waals surface area contributed by atoms with Crippen LogP contribution in [0.1, 0.15) is 32.9 Å². The molecule has 1 aromatic heterocycles. The van der Waals surface area contributed by atoms with Crippen molar-refractivity contribution in [2.24, 2.45) is 0 Å². The SMILES string of the molecule is O=C1N/C(=C\c2nc(-c3cc(C(F)(F)F)cc(C(F)(F)F)c3)no2)c2ccccc21. The third kappa shape index (κ3) is 3.65. The lowest BCUT2D eigenvalue weighted by molar-refractivity contribution is -0.143. The lowest BCUT2D eigenvalue weighted by Crippen LogP contribution is -2.11. The van der Waals surface area contributed by atoms with Crippen LogP contribution in [-0.2, 0) is 12.4 Å². The summed E-state index contributed by atoms with van der Waals surface area (Å²) in [6, 6.07) is 7.61. The van der Waals surface area contributed by atoms with Crippen molar-refractivity contribution in [2.75, 3.05) is 0 Å². The van der Waals surface area contributed by atoms with E-state index in [1.165, 1.54) is 6.08 Å². The maximum atomic E-state index is 13.0. The normalized spacial score (nSPS) is 15.4. The molecule has 5 nitrogen and oxygen atoms in total. The molecule has 0 spiro atoms. The van der Waals surface area contributed by atoms with E-state index < -0.39 is 34.9 Å². The number of nitrogens with zero attached hydrogens (tertiary/aromatic N) is 2. The van der Waals surface area contributed by atoms with Gasteiger partial charge in [-0.05, 0) is 24.3 Å². The molecule has 0 atom stereocenters. The van der Waals surface area contributed by atoms with E-state index in [1.807, 2.05) is 0 Å². The number of amides is 1. The number of carbonyl (C=O) groups excluding carboxylic acids is 1. The molecule has 11 heteroatoms. The Kier molecular flexibility index (Phi) is 4.40. The summed E-state index contributed by atoms with van der Waals surface area (Å²) in [5.74, 6) is -1.04. The highest BCUT2D eigenvalue weighted by molar-refractivity contribution is 6.11.